The second-order valence-corrected chi connectivity index (χ2v) is 6.14. The van der Waals surface area contributed by atoms with Gasteiger partial charge in [-0.25, -0.2) is 0 Å². The van der Waals surface area contributed by atoms with Crippen molar-refractivity contribution in [1.29, 1.82) is 0 Å². The van der Waals surface area contributed by atoms with E-state index < -0.39 is 23.2 Å². The molecule has 1 heterocycles. The minimum atomic E-state index is -4.58. The Kier molecular flexibility index (Phi) is 5.18. The van der Waals surface area contributed by atoms with E-state index in [1.54, 1.807) is 19.2 Å². The normalized spacial score (nSPS) is 17.4. The number of carbonyl (C=O) groups is 1. The molecular weight excluding hydrogens is 345 g/mol. The van der Waals surface area contributed by atoms with Gasteiger partial charge in [-0.05, 0) is 42.8 Å². The number of anilines is 2. The predicted molar refractivity (Wildman–Crippen MR) is 93.5 cm³/mol. The molecule has 7 heteroatoms. The third kappa shape index (κ3) is 3.99. The van der Waals surface area contributed by atoms with Gasteiger partial charge < -0.3 is 15.0 Å². The van der Waals surface area contributed by atoms with Crippen molar-refractivity contribution in [3.05, 3.63) is 59.7 Å². The average molecular weight is 364 g/mol. The second kappa shape index (κ2) is 7.37. The van der Waals surface area contributed by atoms with Crippen LogP contribution in [0.1, 0.15) is 22.3 Å². The Morgan fingerprint density at radius 3 is 2.46 bits per heavy atom. The Morgan fingerprint density at radius 1 is 1.15 bits per heavy atom. The van der Waals surface area contributed by atoms with E-state index >= 15 is 0 Å². The molecule has 0 spiro atoms. The molecule has 0 unspecified atom stereocenters. The first kappa shape index (κ1) is 18.3. The predicted octanol–water partition coefficient (Wildman–Crippen LogP) is 4.18. The van der Waals surface area contributed by atoms with Crippen LogP contribution in [0.4, 0.5) is 24.5 Å². The summed E-state index contributed by atoms with van der Waals surface area (Å²) >= 11 is 0. The lowest BCUT2D eigenvalue weighted by Gasteiger charge is -2.19. The van der Waals surface area contributed by atoms with Gasteiger partial charge in [0.25, 0.3) is 5.91 Å². The summed E-state index contributed by atoms with van der Waals surface area (Å²) in [6.45, 7) is 1.67. The van der Waals surface area contributed by atoms with Crippen molar-refractivity contribution < 1.29 is 22.7 Å². The van der Waals surface area contributed by atoms with E-state index in [-0.39, 0.29) is 6.10 Å². The van der Waals surface area contributed by atoms with Gasteiger partial charge in [-0.3, -0.25) is 4.79 Å². The van der Waals surface area contributed by atoms with Crippen LogP contribution in [-0.2, 0) is 10.9 Å². The van der Waals surface area contributed by atoms with Crippen LogP contribution >= 0.6 is 0 Å². The monoisotopic (exact) mass is 364 g/mol. The van der Waals surface area contributed by atoms with Crippen LogP contribution in [0.3, 0.4) is 0 Å². The first-order chi connectivity index (χ1) is 12.4. The Morgan fingerprint density at radius 2 is 1.85 bits per heavy atom. The molecule has 0 bridgehead atoms. The van der Waals surface area contributed by atoms with E-state index in [0.29, 0.717) is 5.69 Å². The summed E-state index contributed by atoms with van der Waals surface area (Å²) in [6.07, 6.45) is -3.43. The Balaban J connectivity index is 1.71. The number of nitrogens with zero attached hydrogens (tertiary/aromatic N) is 1. The largest absolute Gasteiger partial charge is 0.417 e. The summed E-state index contributed by atoms with van der Waals surface area (Å²) in [5, 5.41) is 2.53. The van der Waals surface area contributed by atoms with Gasteiger partial charge in [0.2, 0.25) is 0 Å². The van der Waals surface area contributed by atoms with E-state index in [9.17, 15) is 18.0 Å². The fourth-order valence-corrected chi connectivity index (χ4v) is 3.04. The van der Waals surface area contributed by atoms with Gasteiger partial charge in [-0.1, -0.05) is 12.1 Å². The zero-order valence-corrected chi connectivity index (χ0v) is 14.2. The fraction of sp³-hybridized carbons (Fsp3) is 0.316. The molecule has 1 amide bonds. The smallest absolute Gasteiger partial charge is 0.380 e. The zero-order valence-electron chi connectivity index (χ0n) is 14.2. The highest BCUT2D eigenvalue weighted by atomic mass is 19.4. The third-order valence-corrected chi connectivity index (χ3v) is 4.45. The van der Waals surface area contributed by atoms with Gasteiger partial charge in [-0.15, -0.1) is 0 Å². The average Bonchev–Trinajstić information content (AvgIpc) is 3.11. The number of rotatable bonds is 4. The van der Waals surface area contributed by atoms with Crippen molar-refractivity contribution in [2.75, 3.05) is 30.4 Å². The summed E-state index contributed by atoms with van der Waals surface area (Å²) in [6, 6.07) is 11.8. The number of methoxy groups -OCH3 is 1. The highest BCUT2D eigenvalue weighted by Crippen LogP contribution is 2.32. The van der Waals surface area contributed by atoms with Gasteiger partial charge >= 0.3 is 6.18 Å². The van der Waals surface area contributed by atoms with Gasteiger partial charge in [0, 0.05) is 31.6 Å². The summed E-state index contributed by atoms with van der Waals surface area (Å²) in [5.41, 5.74) is 0.0832. The Bertz CT molecular complexity index is 775. The molecule has 26 heavy (non-hydrogen) atoms. The number of ether oxygens (including phenoxy) is 1. The van der Waals surface area contributed by atoms with Crippen molar-refractivity contribution in [3.8, 4) is 0 Å². The van der Waals surface area contributed by atoms with E-state index in [4.69, 9.17) is 4.74 Å². The van der Waals surface area contributed by atoms with Crippen LogP contribution in [0.2, 0.25) is 0 Å². The Hall–Kier alpha value is -2.54. The van der Waals surface area contributed by atoms with E-state index in [1.165, 1.54) is 18.2 Å². The number of hydrogen-bond acceptors (Lipinski definition) is 3. The minimum absolute atomic E-state index is 0.202. The van der Waals surface area contributed by atoms with Gasteiger partial charge in [0.15, 0.2) is 0 Å². The van der Waals surface area contributed by atoms with Crippen molar-refractivity contribution in [2.24, 2.45) is 0 Å². The van der Waals surface area contributed by atoms with Gasteiger partial charge in [0.1, 0.15) is 0 Å². The molecule has 1 saturated heterocycles. The molecule has 1 fully saturated rings. The summed E-state index contributed by atoms with van der Waals surface area (Å²) in [7, 11) is 1.69. The fourth-order valence-electron chi connectivity index (χ4n) is 3.04. The highest BCUT2D eigenvalue weighted by molar-refractivity contribution is 6.05. The van der Waals surface area contributed by atoms with E-state index in [0.717, 1.165) is 31.3 Å². The summed E-state index contributed by atoms with van der Waals surface area (Å²) < 4.78 is 44.5. The lowest BCUT2D eigenvalue weighted by Crippen LogP contribution is -2.22. The van der Waals surface area contributed by atoms with Crippen LogP contribution < -0.4 is 10.2 Å². The highest BCUT2D eigenvalue weighted by Gasteiger charge is 2.34. The summed E-state index contributed by atoms with van der Waals surface area (Å²) in [4.78, 5) is 14.4. The molecule has 4 nitrogen and oxygen atoms in total. The first-order valence-corrected chi connectivity index (χ1v) is 8.24. The van der Waals surface area contributed by atoms with Crippen molar-refractivity contribution in [1.82, 2.24) is 0 Å². The molecule has 0 saturated carbocycles. The number of benzene rings is 2. The molecule has 0 aliphatic carbocycles. The summed E-state index contributed by atoms with van der Waals surface area (Å²) in [5.74, 6) is -0.786. The number of hydrogen-bond donors (Lipinski definition) is 1. The number of halogens is 3. The molecule has 1 aliphatic heterocycles. The van der Waals surface area contributed by atoms with E-state index in [1.807, 2.05) is 12.1 Å². The lowest BCUT2D eigenvalue weighted by molar-refractivity contribution is -0.137. The second-order valence-electron chi connectivity index (χ2n) is 6.14. The lowest BCUT2D eigenvalue weighted by atomic mass is 10.1. The van der Waals surface area contributed by atoms with Crippen molar-refractivity contribution in [2.45, 2.75) is 18.7 Å². The van der Waals surface area contributed by atoms with Crippen molar-refractivity contribution in [3.63, 3.8) is 0 Å². The van der Waals surface area contributed by atoms with E-state index in [2.05, 4.69) is 10.2 Å². The van der Waals surface area contributed by atoms with Crippen molar-refractivity contribution >= 4 is 17.3 Å². The van der Waals surface area contributed by atoms with Crippen LogP contribution in [0, 0.1) is 0 Å². The van der Waals surface area contributed by atoms with Gasteiger partial charge in [0.05, 0.1) is 17.2 Å². The topological polar surface area (TPSA) is 41.6 Å². The van der Waals surface area contributed by atoms with Crippen LogP contribution in [0.15, 0.2) is 48.5 Å². The molecule has 0 radical (unpaired) electrons. The van der Waals surface area contributed by atoms with Gasteiger partial charge in [-0.2, -0.15) is 13.2 Å². The molecule has 1 N–H and O–H groups in total. The SMILES string of the molecule is CO[C@H]1CCN(c2ccc(NC(=O)c3ccccc3C(F)(F)F)cc2)C1. The standard InChI is InChI=1S/C19H19F3N2O2/c1-26-15-10-11-24(12-15)14-8-6-13(7-9-14)23-18(25)16-4-2-3-5-17(16)19(20,21)22/h2-9,15H,10-12H2,1H3,(H,23,25)/t15-/m0/s1. The molecule has 1 atom stereocenters. The zero-order chi connectivity index (χ0) is 18.7. The number of carbonyl (C=O) groups excluding carboxylic acids is 1. The molecule has 0 aromatic heterocycles. The minimum Gasteiger partial charge on any atom is -0.380 e. The van der Waals surface area contributed by atoms with Crippen LogP contribution in [0.25, 0.3) is 0 Å². The number of amides is 1. The number of nitrogens with one attached hydrogen (secondary N) is 1. The molecule has 3 rings (SSSR count). The third-order valence-electron chi connectivity index (χ3n) is 4.45. The maximum Gasteiger partial charge on any atom is 0.417 e. The van der Waals surface area contributed by atoms with Crippen LogP contribution in [-0.4, -0.2) is 32.2 Å². The Labute approximate surface area is 149 Å². The number of alkyl halides is 3. The molecule has 2 aromatic carbocycles. The maximum atomic E-state index is 13.0. The molecular formula is C19H19F3N2O2. The molecule has 2 aromatic rings. The maximum absolute atomic E-state index is 13.0. The molecule has 138 valence electrons. The van der Waals surface area contributed by atoms with Crippen LogP contribution in [0.5, 0.6) is 0 Å². The first-order valence-electron chi connectivity index (χ1n) is 8.24. The quantitative estimate of drug-likeness (QED) is 0.885. The molecule has 1 aliphatic rings.